The fraction of sp³-hybridized carbons (Fsp3) is 0.188. The first-order chi connectivity index (χ1) is 9.45. The van der Waals surface area contributed by atoms with Crippen molar-refractivity contribution in [2.24, 2.45) is 0 Å². The molecular formula is C16H16ClNO2. The Morgan fingerprint density at radius 2 is 1.80 bits per heavy atom. The van der Waals surface area contributed by atoms with Gasteiger partial charge in [0, 0.05) is 5.56 Å². The van der Waals surface area contributed by atoms with Crippen LogP contribution < -0.4 is 10.5 Å². The second kappa shape index (κ2) is 5.55. The molecule has 2 aromatic rings. The minimum absolute atomic E-state index is 0.192. The molecule has 0 spiro atoms. The van der Waals surface area contributed by atoms with Crippen LogP contribution in [-0.4, -0.2) is 12.9 Å². The molecule has 0 fully saturated rings. The maximum atomic E-state index is 12.6. The first-order valence-corrected chi connectivity index (χ1v) is 6.57. The molecule has 3 nitrogen and oxygen atoms in total. The van der Waals surface area contributed by atoms with E-state index in [2.05, 4.69) is 0 Å². The Labute approximate surface area is 123 Å². The van der Waals surface area contributed by atoms with E-state index in [-0.39, 0.29) is 5.78 Å². The molecule has 0 unspecified atom stereocenters. The fourth-order valence-corrected chi connectivity index (χ4v) is 2.37. The van der Waals surface area contributed by atoms with Crippen LogP contribution in [0, 0.1) is 13.8 Å². The number of nitrogen functional groups attached to an aromatic ring is 1. The summed E-state index contributed by atoms with van der Waals surface area (Å²) in [5.41, 5.74) is 9.19. The number of aryl methyl sites for hydroxylation is 2. The van der Waals surface area contributed by atoms with Crippen LogP contribution in [0.4, 0.5) is 5.69 Å². The number of para-hydroxylation sites is 1. The van der Waals surface area contributed by atoms with Gasteiger partial charge >= 0.3 is 0 Å². The van der Waals surface area contributed by atoms with E-state index in [1.807, 2.05) is 13.8 Å². The number of anilines is 1. The molecule has 2 rings (SSSR count). The van der Waals surface area contributed by atoms with E-state index in [4.69, 9.17) is 22.1 Å². The topological polar surface area (TPSA) is 52.3 Å². The van der Waals surface area contributed by atoms with Gasteiger partial charge in [0.15, 0.2) is 11.5 Å². The number of methoxy groups -OCH3 is 1. The van der Waals surface area contributed by atoms with Crippen molar-refractivity contribution in [1.29, 1.82) is 0 Å². The van der Waals surface area contributed by atoms with Crippen LogP contribution in [0.2, 0.25) is 5.02 Å². The summed E-state index contributed by atoms with van der Waals surface area (Å²) in [4.78, 5) is 12.6. The molecule has 4 heteroatoms. The zero-order chi connectivity index (χ0) is 14.9. The summed E-state index contributed by atoms with van der Waals surface area (Å²) in [7, 11) is 1.49. The van der Waals surface area contributed by atoms with Gasteiger partial charge in [-0.2, -0.15) is 0 Å². The van der Waals surface area contributed by atoms with Crippen LogP contribution in [0.1, 0.15) is 27.0 Å². The Morgan fingerprint density at radius 1 is 1.15 bits per heavy atom. The van der Waals surface area contributed by atoms with E-state index >= 15 is 0 Å². The smallest absolute Gasteiger partial charge is 0.198 e. The predicted octanol–water partition coefficient (Wildman–Crippen LogP) is 3.78. The van der Waals surface area contributed by atoms with Crippen molar-refractivity contribution in [3.8, 4) is 5.75 Å². The Hall–Kier alpha value is -2.00. The average molecular weight is 290 g/mol. The summed E-state index contributed by atoms with van der Waals surface area (Å²) < 4.78 is 5.22. The lowest BCUT2D eigenvalue weighted by Crippen LogP contribution is -2.07. The largest absolute Gasteiger partial charge is 0.494 e. The highest BCUT2D eigenvalue weighted by Crippen LogP contribution is 2.30. The van der Waals surface area contributed by atoms with E-state index in [1.54, 1.807) is 30.3 Å². The van der Waals surface area contributed by atoms with E-state index < -0.39 is 0 Å². The van der Waals surface area contributed by atoms with Gasteiger partial charge in [-0.05, 0) is 49.2 Å². The number of carbonyl (C=O) groups excluding carboxylic acids is 1. The predicted molar refractivity (Wildman–Crippen MR) is 81.8 cm³/mol. The molecular weight excluding hydrogens is 274 g/mol. The van der Waals surface area contributed by atoms with E-state index in [0.717, 1.165) is 11.1 Å². The molecule has 0 aromatic heterocycles. The third kappa shape index (κ3) is 2.49. The molecule has 0 saturated heterocycles. The molecule has 0 heterocycles. The van der Waals surface area contributed by atoms with Gasteiger partial charge in [0.1, 0.15) is 0 Å². The molecule has 20 heavy (non-hydrogen) atoms. The molecule has 0 aliphatic rings. The van der Waals surface area contributed by atoms with Crippen molar-refractivity contribution in [2.45, 2.75) is 13.8 Å². The maximum absolute atomic E-state index is 12.6. The van der Waals surface area contributed by atoms with Gasteiger partial charge in [0.05, 0.1) is 23.4 Å². The number of nitrogens with two attached hydrogens (primary N) is 1. The van der Waals surface area contributed by atoms with Gasteiger partial charge in [0.25, 0.3) is 0 Å². The van der Waals surface area contributed by atoms with Gasteiger partial charge in [-0.3, -0.25) is 4.79 Å². The van der Waals surface area contributed by atoms with Crippen LogP contribution in [0.5, 0.6) is 5.75 Å². The van der Waals surface area contributed by atoms with Crippen LogP contribution in [0.25, 0.3) is 0 Å². The molecule has 2 N–H and O–H groups in total. The standard InChI is InChI=1S/C16H16ClNO2/c1-9-7-12(13(17)8-10(9)2)15(19)11-5-4-6-14(18)16(11)20-3/h4-8H,18H2,1-3H3. The zero-order valence-corrected chi connectivity index (χ0v) is 12.4. The highest BCUT2D eigenvalue weighted by molar-refractivity contribution is 6.35. The van der Waals surface area contributed by atoms with Gasteiger partial charge < -0.3 is 10.5 Å². The summed E-state index contributed by atoms with van der Waals surface area (Å²) in [6, 6.07) is 8.69. The van der Waals surface area contributed by atoms with Crippen molar-refractivity contribution in [1.82, 2.24) is 0 Å². The SMILES string of the molecule is COc1c(N)cccc1C(=O)c1cc(C)c(C)cc1Cl. The first-order valence-electron chi connectivity index (χ1n) is 6.19. The Kier molecular flexibility index (Phi) is 4.00. The molecule has 104 valence electrons. The van der Waals surface area contributed by atoms with Crippen molar-refractivity contribution in [2.75, 3.05) is 12.8 Å². The van der Waals surface area contributed by atoms with E-state index in [1.165, 1.54) is 7.11 Å². The van der Waals surface area contributed by atoms with Crippen LogP contribution in [0.15, 0.2) is 30.3 Å². The van der Waals surface area contributed by atoms with Crippen LogP contribution in [-0.2, 0) is 0 Å². The highest BCUT2D eigenvalue weighted by Gasteiger charge is 2.19. The van der Waals surface area contributed by atoms with Crippen molar-refractivity contribution in [3.63, 3.8) is 0 Å². The van der Waals surface area contributed by atoms with E-state index in [9.17, 15) is 4.79 Å². The summed E-state index contributed by atoms with van der Waals surface area (Å²) in [6.07, 6.45) is 0. The highest BCUT2D eigenvalue weighted by atomic mass is 35.5. The lowest BCUT2D eigenvalue weighted by atomic mass is 9.98. The summed E-state index contributed by atoms with van der Waals surface area (Å²) >= 11 is 6.19. The molecule has 0 saturated carbocycles. The zero-order valence-electron chi connectivity index (χ0n) is 11.7. The monoisotopic (exact) mass is 289 g/mol. The van der Waals surface area contributed by atoms with Gasteiger partial charge in [0.2, 0.25) is 0 Å². The van der Waals surface area contributed by atoms with Gasteiger partial charge in [-0.15, -0.1) is 0 Å². The molecule has 0 atom stereocenters. The minimum Gasteiger partial charge on any atom is -0.494 e. The number of hydrogen-bond acceptors (Lipinski definition) is 3. The number of hydrogen-bond donors (Lipinski definition) is 1. The van der Waals surface area contributed by atoms with Gasteiger partial charge in [-0.25, -0.2) is 0 Å². The second-order valence-corrected chi connectivity index (χ2v) is 5.08. The third-order valence-corrected chi connectivity index (χ3v) is 3.63. The number of rotatable bonds is 3. The summed E-state index contributed by atoms with van der Waals surface area (Å²) in [6.45, 7) is 3.90. The number of halogens is 1. The normalized spacial score (nSPS) is 10.4. The lowest BCUT2D eigenvalue weighted by molar-refractivity contribution is 0.103. The maximum Gasteiger partial charge on any atom is 0.198 e. The molecule has 0 aliphatic carbocycles. The summed E-state index contributed by atoms with van der Waals surface area (Å²) in [5, 5.41) is 0.433. The second-order valence-electron chi connectivity index (χ2n) is 4.67. The minimum atomic E-state index is -0.192. The summed E-state index contributed by atoms with van der Waals surface area (Å²) in [5.74, 6) is 0.189. The Balaban J connectivity index is 2.58. The van der Waals surface area contributed by atoms with Crippen LogP contribution >= 0.6 is 11.6 Å². The fourth-order valence-electron chi connectivity index (χ4n) is 2.06. The number of benzene rings is 2. The molecule has 2 aromatic carbocycles. The number of carbonyl (C=O) groups is 1. The lowest BCUT2D eigenvalue weighted by Gasteiger charge is -2.12. The van der Waals surface area contributed by atoms with Crippen molar-refractivity contribution < 1.29 is 9.53 Å². The quantitative estimate of drug-likeness (QED) is 0.691. The van der Waals surface area contributed by atoms with Crippen molar-refractivity contribution in [3.05, 3.63) is 57.6 Å². The molecule has 0 radical (unpaired) electrons. The van der Waals surface area contributed by atoms with Gasteiger partial charge in [-0.1, -0.05) is 17.7 Å². The molecule has 0 aliphatic heterocycles. The average Bonchev–Trinajstić information content (AvgIpc) is 2.41. The molecule has 0 amide bonds. The Morgan fingerprint density at radius 3 is 2.45 bits per heavy atom. The van der Waals surface area contributed by atoms with Crippen molar-refractivity contribution >= 4 is 23.1 Å². The van der Waals surface area contributed by atoms with Crippen LogP contribution in [0.3, 0.4) is 0 Å². The number of ether oxygens (including phenoxy) is 1. The third-order valence-electron chi connectivity index (χ3n) is 3.32. The molecule has 0 bridgehead atoms. The number of ketones is 1. The Bertz CT molecular complexity index is 680. The first kappa shape index (κ1) is 14.4. The van der Waals surface area contributed by atoms with E-state index in [0.29, 0.717) is 27.6 Å².